The molecule has 4 rings (SSSR count). The highest BCUT2D eigenvalue weighted by molar-refractivity contribution is 5.96. The number of fused-ring (bicyclic) bond motifs is 1. The van der Waals surface area contributed by atoms with Crippen molar-refractivity contribution < 1.29 is 9.21 Å². The minimum Gasteiger partial charge on any atom is -0.451 e. The first kappa shape index (κ1) is 17.3. The zero-order valence-corrected chi connectivity index (χ0v) is 15.6. The van der Waals surface area contributed by atoms with E-state index in [1.54, 1.807) is 0 Å². The van der Waals surface area contributed by atoms with Crippen LogP contribution in [0.2, 0.25) is 0 Å². The number of para-hydroxylation sites is 1. The molecule has 7 heteroatoms. The monoisotopic (exact) mass is 365 g/mol. The summed E-state index contributed by atoms with van der Waals surface area (Å²) in [6.45, 7) is 7.50. The van der Waals surface area contributed by atoms with Gasteiger partial charge in [-0.1, -0.05) is 18.2 Å². The van der Waals surface area contributed by atoms with Crippen LogP contribution in [0.25, 0.3) is 11.0 Å². The number of aromatic nitrogens is 2. The van der Waals surface area contributed by atoms with E-state index in [4.69, 9.17) is 4.42 Å². The van der Waals surface area contributed by atoms with E-state index in [0.29, 0.717) is 24.8 Å². The summed E-state index contributed by atoms with van der Waals surface area (Å²) in [6, 6.07) is 11.5. The Hall–Kier alpha value is -3.09. The van der Waals surface area contributed by atoms with Gasteiger partial charge in [0.1, 0.15) is 11.4 Å². The van der Waals surface area contributed by atoms with E-state index < -0.39 is 0 Å². The van der Waals surface area contributed by atoms with Gasteiger partial charge in [-0.25, -0.2) is 4.98 Å². The molecule has 3 heterocycles. The number of amides is 1. The van der Waals surface area contributed by atoms with Gasteiger partial charge >= 0.3 is 0 Å². The molecule has 0 atom stereocenters. The molecule has 27 heavy (non-hydrogen) atoms. The Morgan fingerprint density at radius 2 is 1.93 bits per heavy atom. The Bertz CT molecular complexity index is 927. The second kappa shape index (κ2) is 7.26. The molecule has 1 aliphatic heterocycles. The van der Waals surface area contributed by atoms with Crippen LogP contribution in [0.15, 0.2) is 40.8 Å². The molecule has 3 aromatic rings. The van der Waals surface area contributed by atoms with Crippen LogP contribution in [-0.4, -0.2) is 53.5 Å². The highest BCUT2D eigenvalue weighted by Gasteiger charge is 2.25. The summed E-state index contributed by atoms with van der Waals surface area (Å²) in [5.74, 6) is 1.89. The van der Waals surface area contributed by atoms with Crippen LogP contribution in [0.1, 0.15) is 23.2 Å². The largest absolute Gasteiger partial charge is 0.451 e. The maximum Gasteiger partial charge on any atom is 0.289 e. The highest BCUT2D eigenvalue weighted by atomic mass is 16.3. The summed E-state index contributed by atoms with van der Waals surface area (Å²) in [4.78, 5) is 25.8. The Morgan fingerprint density at radius 1 is 1.15 bits per heavy atom. The predicted molar refractivity (Wildman–Crippen MR) is 105 cm³/mol. The van der Waals surface area contributed by atoms with Crippen molar-refractivity contribution in [2.45, 2.75) is 13.8 Å². The van der Waals surface area contributed by atoms with Crippen LogP contribution in [0.5, 0.6) is 0 Å². The van der Waals surface area contributed by atoms with Crippen LogP contribution in [0.3, 0.4) is 0 Å². The van der Waals surface area contributed by atoms with Crippen LogP contribution >= 0.6 is 0 Å². The Kier molecular flexibility index (Phi) is 4.66. The number of nitrogens with one attached hydrogen (secondary N) is 1. The number of hydrogen-bond donors (Lipinski definition) is 1. The van der Waals surface area contributed by atoms with E-state index in [2.05, 4.69) is 20.2 Å². The van der Waals surface area contributed by atoms with E-state index in [-0.39, 0.29) is 5.91 Å². The normalized spacial score (nSPS) is 14.6. The van der Waals surface area contributed by atoms with E-state index in [1.807, 2.05) is 55.1 Å². The molecule has 2 aromatic heterocycles. The van der Waals surface area contributed by atoms with Gasteiger partial charge in [0, 0.05) is 49.9 Å². The number of anilines is 2. The lowest BCUT2D eigenvalue weighted by molar-refractivity contribution is 0.0717. The van der Waals surface area contributed by atoms with Crippen LogP contribution in [-0.2, 0) is 0 Å². The molecule has 7 nitrogen and oxygen atoms in total. The van der Waals surface area contributed by atoms with Crippen LogP contribution in [0, 0.1) is 6.92 Å². The summed E-state index contributed by atoms with van der Waals surface area (Å²) in [5, 5.41) is 4.11. The smallest absolute Gasteiger partial charge is 0.289 e. The van der Waals surface area contributed by atoms with E-state index in [0.717, 1.165) is 42.1 Å². The highest BCUT2D eigenvalue weighted by Crippen LogP contribution is 2.22. The fourth-order valence-electron chi connectivity index (χ4n) is 3.33. The summed E-state index contributed by atoms with van der Waals surface area (Å²) in [6.07, 6.45) is 0. The van der Waals surface area contributed by atoms with Crippen molar-refractivity contribution in [1.29, 1.82) is 0 Å². The molecule has 1 aromatic carbocycles. The van der Waals surface area contributed by atoms with E-state index >= 15 is 0 Å². The molecule has 1 fully saturated rings. The molecule has 1 aliphatic rings. The van der Waals surface area contributed by atoms with Crippen molar-refractivity contribution in [3.63, 3.8) is 0 Å². The fraction of sp³-hybridized carbons (Fsp3) is 0.350. The maximum atomic E-state index is 12.8. The minimum atomic E-state index is -0.0574. The van der Waals surface area contributed by atoms with Gasteiger partial charge in [0.25, 0.3) is 5.91 Å². The summed E-state index contributed by atoms with van der Waals surface area (Å²) in [7, 11) is 0. The molecule has 0 saturated carbocycles. The van der Waals surface area contributed by atoms with Crippen molar-refractivity contribution in [2.75, 3.05) is 42.9 Å². The molecule has 0 bridgehead atoms. The molecule has 0 aliphatic carbocycles. The van der Waals surface area contributed by atoms with Crippen molar-refractivity contribution in [3.05, 3.63) is 47.9 Å². The molecule has 1 amide bonds. The lowest BCUT2D eigenvalue weighted by Gasteiger charge is -2.35. The molecule has 0 radical (unpaired) electrons. The molecular formula is C20H23N5O2. The van der Waals surface area contributed by atoms with Gasteiger partial charge in [0.2, 0.25) is 5.95 Å². The first-order valence-electron chi connectivity index (χ1n) is 9.26. The van der Waals surface area contributed by atoms with Crippen molar-refractivity contribution >= 4 is 28.6 Å². The maximum absolute atomic E-state index is 12.8. The number of carbonyl (C=O) groups is 1. The average Bonchev–Trinajstić information content (AvgIpc) is 3.11. The summed E-state index contributed by atoms with van der Waals surface area (Å²) in [5.41, 5.74) is 1.67. The number of furan rings is 1. The average molecular weight is 365 g/mol. The zero-order chi connectivity index (χ0) is 18.8. The molecule has 1 N–H and O–H groups in total. The number of benzene rings is 1. The molecule has 140 valence electrons. The van der Waals surface area contributed by atoms with Gasteiger partial charge in [0.05, 0.1) is 0 Å². The fourth-order valence-corrected chi connectivity index (χ4v) is 3.33. The predicted octanol–water partition coefficient (Wildman–Crippen LogP) is 2.93. The lowest BCUT2D eigenvalue weighted by Crippen LogP contribution is -2.49. The van der Waals surface area contributed by atoms with Gasteiger partial charge in [-0.3, -0.25) is 4.79 Å². The Balaban J connectivity index is 1.45. The lowest BCUT2D eigenvalue weighted by atomic mass is 10.2. The van der Waals surface area contributed by atoms with Crippen LogP contribution in [0.4, 0.5) is 11.8 Å². The zero-order valence-electron chi connectivity index (χ0n) is 15.6. The standard InChI is InChI=1S/C20H23N5O2/c1-3-21-20-22-14(2)12-18(23-20)24-8-10-25(11-9-24)19(26)17-13-15-6-4-5-7-16(15)27-17/h4-7,12-13H,3,8-11H2,1-2H3,(H,21,22,23). The first-order chi connectivity index (χ1) is 13.1. The first-order valence-corrected chi connectivity index (χ1v) is 9.26. The van der Waals surface area contributed by atoms with Crippen molar-refractivity contribution in [3.8, 4) is 0 Å². The second-order valence-electron chi connectivity index (χ2n) is 6.65. The van der Waals surface area contributed by atoms with Crippen LogP contribution < -0.4 is 10.2 Å². The summed E-state index contributed by atoms with van der Waals surface area (Å²) < 4.78 is 5.72. The molecular weight excluding hydrogens is 342 g/mol. The Labute approximate surface area is 158 Å². The quantitative estimate of drug-likeness (QED) is 0.766. The van der Waals surface area contributed by atoms with Gasteiger partial charge in [-0.15, -0.1) is 0 Å². The minimum absolute atomic E-state index is 0.0574. The summed E-state index contributed by atoms with van der Waals surface area (Å²) >= 11 is 0. The molecule has 0 spiro atoms. The molecule has 1 saturated heterocycles. The van der Waals surface area contributed by atoms with E-state index in [9.17, 15) is 4.79 Å². The SMILES string of the molecule is CCNc1nc(C)cc(N2CCN(C(=O)c3cc4ccccc4o3)CC2)n1. The van der Waals surface area contributed by atoms with Gasteiger partial charge < -0.3 is 19.5 Å². The topological polar surface area (TPSA) is 74.5 Å². The van der Waals surface area contributed by atoms with E-state index in [1.165, 1.54) is 0 Å². The number of nitrogens with zero attached hydrogens (tertiary/aromatic N) is 4. The van der Waals surface area contributed by atoms with Crippen molar-refractivity contribution in [1.82, 2.24) is 14.9 Å². The number of piperazine rings is 1. The van der Waals surface area contributed by atoms with Crippen molar-refractivity contribution in [2.24, 2.45) is 0 Å². The number of rotatable bonds is 4. The molecule has 0 unspecified atom stereocenters. The third kappa shape index (κ3) is 3.58. The third-order valence-electron chi connectivity index (χ3n) is 4.70. The number of aryl methyl sites for hydroxylation is 1. The number of hydrogen-bond acceptors (Lipinski definition) is 6. The Morgan fingerprint density at radius 3 is 2.67 bits per heavy atom. The number of carbonyl (C=O) groups excluding carboxylic acids is 1. The van der Waals surface area contributed by atoms with Gasteiger partial charge in [-0.2, -0.15) is 4.98 Å². The second-order valence-corrected chi connectivity index (χ2v) is 6.65. The van der Waals surface area contributed by atoms with Gasteiger partial charge in [-0.05, 0) is 26.0 Å². The third-order valence-corrected chi connectivity index (χ3v) is 4.70. The van der Waals surface area contributed by atoms with Gasteiger partial charge in [0.15, 0.2) is 5.76 Å².